The molecule has 2 aromatic rings. The molecule has 2 rings (SSSR count). The Kier molecular flexibility index (Phi) is 4.48. The Morgan fingerprint density at radius 1 is 1.10 bits per heavy atom. The monoisotopic (exact) mass is 284 g/mol. The lowest BCUT2D eigenvalue weighted by molar-refractivity contribution is -0.117. The van der Waals surface area contributed by atoms with Crippen molar-refractivity contribution in [3.05, 3.63) is 58.7 Å². The minimum Gasteiger partial charge on any atom is -0.507 e. The van der Waals surface area contributed by atoms with Crippen molar-refractivity contribution in [1.29, 1.82) is 0 Å². The van der Waals surface area contributed by atoms with Crippen molar-refractivity contribution in [2.45, 2.75) is 26.8 Å². The molecule has 4 nitrogen and oxygen atoms in total. The zero-order valence-electron chi connectivity index (χ0n) is 12.3. The number of hydrogen-bond donors (Lipinski definition) is 3. The number of benzene rings is 2. The predicted molar refractivity (Wildman–Crippen MR) is 84.2 cm³/mol. The number of hydrogen-bond acceptors (Lipinski definition) is 3. The van der Waals surface area contributed by atoms with Crippen molar-refractivity contribution in [3.63, 3.8) is 0 Å². The number of aromatic hydroxyl groups is 1. The number of carbonyl (C=O) groups excluding carboxylic acids is 1. The van der Waals surface area contributed by atoms with Crippen molar-refractivity contribution in [2.24, 2.45) is 5.73 Å². The van der Waals surface area contributed by atoms with E-state index >= 15 is 0 Å². The zero-order chi connectivity index (χ0) is 15.4. The van der Waals surface area contributed by atoms with E-state index in [-0.39, 0.29) is 12.3 Å². The van der Waals surface area contributed by atoms with Crippen molar-refractivity contribution < 1.29 is 9.90 Å². The van der Waals surface area contributed by atoms with Gasteiger partial charge in [-0.3, -0.25) is 4.79 Å². The number of primary amides is 1. The maximum atomic E-state index is 10.8. The molecule has 0 aliphatic carbocycles. The molecule has 0 spiro atoms. The highest BCUT2D eigenvalue weighted by molar-refractivity contribution is 5.76. The second-order valence-corrected chi connectivity index (χ2v) is 5.27. The second-order valence-electron chi connectivity index (χ2n) is 5.27. The van der Waals surface area contributed by atoms with Gasteiger partial charge in [-0.25, -0.2) is 0 Å². The van der Waals surface area contributed by atoms with Crippen molar-refractivity contribution >= 4 is 11.6 Å². The van der Waals surface area contributed by atoms with Crippen LogP contribution in [0.25, 0.3) is 0 Å². The van der Waals surface area contributed by atoms with Crippen LogP contribution in [0.15, 0.2) is 36.4 Å². The van der Waals surface area contributed by atoms with Crippen LogP contribution in [0, 0.1) is 13.8 Å². The molecule has 0 fully saturated rings. The Labute approximate surface area is 124 Å². The average molecular weight is 284 g/mol. The van der Waals surface area contributed by atoms with E-state index < -0.39 is 0 Å². The topological polar surface area (TPSA) is 75.3 Å². The van der Waals surface area contributed by atoms with Crippen LogP contribution in [0.4, 0.5) is 5.69 Å². The molecule has 0 aliphatic heterocycles. The Bertz CT molecular complexity index is 625. The van der Waals surface area contributed by atoms with Crippen LogP contribution in [0.1, 0.15) is 22.3 Å². The van der Waals surface area contributed by atoms with Gasteiger partial charge in [-0.15, -0.1) is 0 Å². The first kappa shape index (κ1) is 14.9. The first-order chi connectivity index (χ1) is 9.95. The first-order valence-electron chi connectivity index (χ1n) is 6.86. The van der Waals surface area contributed by atoms with Crippen LogP contribution in [0.2, 0.25) is 0 Å². The van der Waals surface area contributed by atoms with E-state index in [0.29, 0.717) is 12.3 Å². The molecule has 0 bridgehead atoms. The van der Waals surface area contributed by atoms with Crippen LogP contribution in [-0.2, 0) is 17.8 Å². The number of nitrogens with two attached hydrogens (primary N) is 1. The number of nitrogens with one attached hydrogen (secondary N) is 1. The number of aryl methyl sites for hydroxylation is 2. The number of anilines is 1. The largest absolute Gasteiger partial charge is 0.507 e. The van der Waals surface area contributed by atoms with Gasteiger partial charge in [-0.2, -0.15) is 0 Å². The molecule has 4 heteroatoms. The summed E-state index contributed by atoms with van der Waals surface area (Å²) in [5, 5.41) is 13.1. The predicted octanol–water partition coefficient (Wildman–Crippen LogP) is 2.65. The summed E-state index contributed by atoms with van der Waals surface area (Å²) in [5.74, 6) is 0.0281. The third-order valence-electron chi connectivity index (χ3n) is 3.38. The van der Waals surface area contributed by atoms with E-state index in [4.69, 9.17) is 5.73 Å². The molecule has 21 heavy (non-hydrogen) atoms. The zero-order valence-corrected chi connectivity index (χ0v) is 12.3. The molecular formula is C17H20N2O2. The van der Waals surface area contributed by atoms with Gasteiger partial charge in [0.15, 0.2) is 0 Å². The average Bonchev–Trinajstić information content (AvgIpc) is 2.43. The number of carbonyl (C=O) groups is 1. The molecule has 4 N–H and O–H groups in total. The van der Waals surface area contributed by atoms with Crippen LogP contribution < -0.4 is 11.1 Å². The lowest BCUT2D eigenvalue weighted by Crippen LogP contribution is -2.13. The smallest absolute Gasteiger partial charge is 0.221 e. The summed E-state index contributed by atoms with van der Waals surface area (Å²) in [6.07, 6.45) is 0.261. The number of amides is 1. The van der Waals surface area contributed by atoms with Crippen LogP contribution >= 0.6 is 0 Å². The van der Waals surface area contributed by atoms with E-state index in [1.54, 1.807) is 0 Å². The Morgan fingerprint density at radius 3 is 2.19 bits per heavy atom. The Balaban J connectivity index is 2.01. The fourth-order valence-corrected chi connectivity index (χ4v) is 2.29. The lowest BCUT2D eigenvalue weighted by Gasteiger charge is -2.10. The number of phenols is 1. The SMILES string of the molecule is Cc1cc(CNc2ccc(CC(N)=O)cc2)cc(C)c1O. The molecular weight excluding hydrogens is 264 g/mol. The summed E-state index contributed by atoms with van der Waals surface area (Å²) in [7, 11) is 0. The molecule has 0 aromatic heterocycles. The highest BCUT2D eigenvalue weighted by Crippen LogP contribution is 2.23. The van der Waals surface area contributed by atoms with Gasteiger partial charge in [0.25, 0.3) is 0 Å². The summed E-state index contributed by atoms with van der Waals surface area (Å²) in [6, 6.07) is 11.6. The minimum absolute atomic E-state index is 0.261. The summed E-state index contributed by atoms with van der Waals surface area (Å²) in [5.41, 5.74) is 9.92. The van der Waals surface area contributed by atoms with E-state index in [1.165, 1.54) is 0 Å². The molecule has 0 radical (unpaired) electrons. The van der Waals surface area contributed by atoms with E-state index in [0.717, 1.165) is 27.9 Å². The first-order valence-corrected chi connectivity index (χ1v) is 6.86. The highest BCUT2D eigenvalue weighted by atomic mass is 16.3. The fraction of sp³-hybridized carbons (Fsp3) is 0.235. The third kappa shape index (κ3) is 3.99. The molecule has 0 saturated heterocycles. The van der Waals surface area contributed by atoms with Crippen molar-refractivity contribution in [3.8, 4) is 5.75 Å². The molecule has 1 amide bonds. The van der Waals surface area contributed by atoms with Gasteiger partial charge in [0.05, 0.1) is 6.42 Å². The lowest BCUT2D eigenvalue weighted by atomic mass is 10.1. The summed E-state index contributed by atoms with van der Waals surface area (Å²) in [6.45, 7) is 4.46. The minimum atomic E-state index is -0.328. The van der Waals surface area contributed by atoms with Gasteiger partial charge in [0.2, 0.25) is 5.91 Å². The Hall–Kier alpha value is -2.49. The quantitative estimate of drug-likeness (QED) is 0.790. The van der Waals surface area contributed by atoms with Gasteiger partial charge < -0.3 is 16.2 Å². The molecule has 0 atom stereocenters. The standard InChI is InChI=1S/C17H20N2O2/c1-11-7-14(8-12(2)17(11)21)10-19-15-5-3-13(4-6-15)9-16(18)20/h3-8,19,21H,9-10H2,1-2H3,(H2,18,20). The Morgan fingerprint density at radius 2 is 1.67 bits per heavy atom. The van der Waals surface area contributed by atoms with E-state index in [2.05, 4.69) is 5.32 Å². The number of rotatable bonds is 5. The van der Waals surface area contributed by atoms with Gasteiger partial charge in [0.1, 0.15) is 5.75 Å². The summed E-state index contributed by atoms with van der Waals surface area (Å²) >= 11 is 0. The molecule has 0 aliphatic rings. The van der Waals surface area contributed by atoms with Gasteiger partial charge in [-0.1, -0.05) is 24.3 Å². The highest BCUT2D eigenvalue weighted by Gasteiger charge is 2.04. The normalized spacial score (nSPS) is 10.4. The van der Waals surface area contributed by atoms with Crippen molar-refractivity contribution in [1.82, 2.24) is 0 Å². The van der Waals surface area contributed by atoms with E-state index in [9.17, 15) is 9.90 Å². The molecule has 2 aromatic carbocycles. The fourth-order valence-electron chi connectivity index (χ4n) is 2.29. The molecule has 0 heterocycles. The maximum absolute atomic E-state index is 10.8. The number of phenolic OH excluding ortho intramolecular Hbond substituents is 1. The molecule has 0 saturated carbocycles. The maximum Gasteiger partial charge on any atom is 0.221 e. The van der Waals surface area contributed by atoms with Crippen LogP contribution in [-0.4, -0.2) is 11.0 Å². The van der Waals surface area contributed by atoms with Crippen molar-refractivity contribution in [2.75, 3.05) is 5.32 Å². The molecule has 110 valence electrons. The van der Waals surface area contributed by atoms with Crippen LogP contribution in [0.5, 0.6) is 5.75 Å². The third-order valence-corrected chi connectivity index (χ3v) is 3.38. The summed E-state index contributed by atoms with van der Waals surface area (Å²) in [4.78, 5) is 10.8. The van der Waals surface area contributed by atoms with E-state index in [1.807, 2.05) is 50.2 Å². The second kappa shape index (κ2) is 6.31. The molecule has 0 unspecified atom stereocenters. The van der Waals surface area contributed by atoms with Gasteiger partial charge in [-0.05, 0) is 48.2 Å². The summed E-state index contributed by atoms with van der Waals surface area (Å²) < 4.78 is 0. The van der Waals surface area contributed by atoms with Gasteiger partial charge in [0, 0.05) is 12.2 Å². The van der Waals surface area contributed by atoms with Crippen LogP contribution in [0.3, 0.4) is 0 Å². The van der Waals surface area contributed by atoms with Gasteiger partial charge >= 0.3 is 0 Å².